The molecular formula is C38H28F3N3O3. The maximum Gasteiger partial charge on any atom is 0.416 e. The summed E-state index contributed by atoms with van der Waals surface area (Å²) in [5.74, 6) is -1.39. The van der Waals surface area contributed by atoms with Gasteiger partial charge in [0.25, 0.3) is 5.91 Å². The number of carbonyl (C=O) groups is 2. The molecule has 5 aromatic carbocycles. The van der Waals surface area contributed by atoms with Gasteiger partial charge in [0.1, 0.15) is 0 Å². The second kappa shape index (κ2) is 11.6. The van der Waals surface area contributed by atoms with E-state index in [-0.39, 0.29) is 11.5 Å². The molecule has 0 bridgehead atoms. The number of nitrogens with zero attached hydrogens (tertiary/aromatic N) is 2. The third kappa shape index (κ3) is 6.00. The Bertz CT molecular complexity index is 2100. The number of alkyl halides is 3. The second-order valence-corrected chi connectivity index (χ2v) is 11.8. The first kappa shape index (κ1) is 30.0. The molecule has 9 heteroatoms. The van der Waals surface area contributed by atoms with Gasteiger partial charge in [-0.05, 0) is 82.6 Å². The quantitative estimate of drug-likeness (QED) is 0.176. The molecule has 1 heterocycles. The average molecular weight is 632 g/mol. The summed E-state index contributed by atoms with van der Waals surface area (Å²) in [5.41, 5.74) is 4.76. The van der Waals surface area contributed by atoms with Crippen LogP contribution in [0.1, 0.15) is 50.2 Å². The van der Waals surface area contributed by atoms with Crippen molar-refractivity contribution in [2.24, 2.45) is 0 Å². The van der Waals surface area contributed by atoms with E-state index in [2.05, 4.69) is 10.4 Å². The first-order valence-corrected chi connectivity index (χ1v) is 15.1. The maximum absolute atomic E-state index is 14.1. The standard InChI is InChI=1S/C38H28F3N3O3/c39-38(40,41)32-16-10-27(11-17-32)29-20-30-22-42-44(23-24-6-8-26(9-7-24)25-4-2-1-3-5-25)34(30)33(21-29)35(45)43-37(18-19-37)31-14-12-28(13-15-31)36(46)47/h1-17,20-22H,18-19,23H2,(H,43,45)(H,46,47). The van der Waals surface area contributed by atoms with Crippen LogP contribution in [0, 0.1) is 0 Å². The lowest BCUT2D eigenvalue weighted by Crippen LogP contribution is -2.35. The van der Waals surface area contributed by atoms with Crippen LogP contribution in [0.15, 0.2) is 121 Å². The molecule has 0 spiro atoms. The van der Waals surface area contributed by atoms with Gasteiger partial charge in [0.2, 0.25) is 0 Å². The van der Waals surface area contributed by atoms with E-state index in [4.69, 9.17) is 0 Å². The number of hydrogen-bond acceptors (Lipinski definition) is 3. The smallest absolute Gasteiger partial charge is 0.416 e. The Morgan fingerprint density at radius 2 is 1.40 bits per heavy atom. The van der Waals surface area contributed by atoms with Crippen molar-refractivity contribution in [2.75, 3.05) is 0 Å². The van der Waals surface area contributed by atoms with Gasteiger partial charge in [-0.3, -0.25) is 9.48 Å². The number of hydrogen-bond donors (Lipinski definition) is 2. The summed E-state index contributed by atoms with van der Waals surface area (Å²) >= 11 is 0. The van der Waals surface area contributed by atoms with E-state index in [1.807, 2.05) is 60.7 Å². The third-order valence-electron chi connectivity index (χ3n) is 8.70. The highest BCUT2D eigenvalue weighted by Gasteiger charge is 2.46. The Kier molecular flexibility index (Phi) is 7.39. The predicted octanol–water partition coefficient (Wildman–Crippen LogP) is 8.55. The third-order valence-corrected chi connectivity index (χ3v) is 8.70. The number of amides is 1. The van der Waals surface area contributed by atoms with Crippen LogP contribution >= 0.6 is 0 Å². The number of fused-ring (bicyclic) bond motifs is 1. The van der Waals surface area contributed by atoms with Gasteiger partial charge < -0.3 is 10.4 Å². The number of benzene rings is 5. The highest BCUT2D eigenvalue weighted by atomic mass is 19.4. The highest BCUT2D eigenvalue weighted by molar-refractivity contribution is 6.08. The zero-order valence-electron chi connectivity index (χ0n) is 25.0. The molecule has 0 atom stereocenters. The van der Waals surface area contributed by atoms with Gasteiger partial charge in [0.05, 0.1) is 40.5 Å². The van der Waals surface area contributed by atoms with Crippen LogP contribution in [0.3, 0.4) is 0 Å². The van der Waals surface area contributed by atoms with Crippen LogP contribution in [0.2, 0.25) is 0 Å². The van der Waals surface area contributed by atoms with Gasteiger partial charge in [-0.25, -0.2) is 4.79 Å². The van der Waals surface area contributed by atoms with Gasteiger partial charge in [0.15, 0.2) is 0 Å². The molecule has 0 unspecified atom stereocenters. The molecule has 1 aliphatic rings. The van der Waals surface area contributed by atoms with Crippen LogP contribution in [-0.4, -0.2) is 26.8 Å². The first-order chi connectivity index (χ1) is 22.6. The van der Waals surface area contributed by atoms with Crippen molar-refractivity contribution in [3.05, 3.63) is 149 Å². The largest absolute Gasteiger partial charge is 0.478 e. The van der Waals surface area contributed by atoms with E-state index >= 15 is 0 Å². The minimum absolute atomic E-state index is 0.155. The Morgan fingerprint density at radius 1 is 0.787 bits per heavy atom. The van der Waals surface area contributed by atoms with Crippen molar-refractivity contribution in [3.8, 4) is 22.3 Å². The Labute approximate surface area is 268 Å². The van der Waals surface area contributed by atoms with Crippen molar-refractivity contribution in [2.45, 2.75) is 31.1 Å². The number of nitrogens with one attached hydrogen (secondary N) is 1. The van der Waals surface area contributed by atoms with Gasteiger partial charge in [-0.2, -0.15) is 18.3 Å². The molecule has 6 aromatic rings. The molecule has 47 heavy (non-hydrogen) atoms. The molecule has 1 aromatic heterocycles. The van der Waals surface area contributed by atoms with Crippen LogP contribution < -0.4 is 5.32 Å². The van der Waals surface area contributed by atoms with Crippen molar-refractivity contribution >= 4 is 22.8 Å². The van der Waals surface area contributed by atoms with Crippen LogP contribution in [0.4, 0.5) is 13.2 Å². The lowest BCUT2D eigenvalue weighted by Gasteiger charge is -2.20. The van der Waals surface area contributed by atoms with E-state index in [9.17, 15) is 27.9 Å². The minimum Gasteiger partial charge on any atom is -0.478 e. The van der Waals surface area contributed by atoms with Gasteiger partial charge >= 0.3 is 12.1 Å². The fourth-order valence-corrected chi connectivity index (χ4v) is 5.98. The number of rotatable bonds is 8. The SMILES string of the molecule is O=C(O)c1ccc(C2(NC(=O)c3cc(-c4ccc(C(F)(F)F)cc4)cc4cnn(Cc5ccc(-c6ccccc6)cc5)c34)CC2)cc1. The van der Waals surface area contributed by atoms with Gasteiger partial charge in [-0.15, -0.1) is 0 Å². The van der Waals surface area contributed by atoms with Crippen molar-refractivity contribution in [1.82, 2.24) is 15.1 Å². The summed E-state index contributed by atoms with van der Waals surface area (Å²) in [4.78, 5) is 25.5. The Morgan fingerprint density at radius 3 is 2.02 bits per heavy atom. The van der Waals surface area contributed by atoms with E-state index < -0.39 is 23.2 Å². The van der Waals surface area contributed by atoms with Gasteiger partial charge in [-0.1, -0.05) is 78.9 Å². The minimum atomic E-state index is -4.46. The zero-order chi connectivity index (χ0) is 32.8. The molecule has 7 rings (SSSR count). The lowest BCUT2D eigenvalue weighted by molar-refractivity contribution is -0.137. The topological polar surface area (TPSA) is 84.2 Å². The molecule has 1 saturated carbocycles. The molecule has 1 aliphatic carbocycles. The van der Waals surface area contributed by atoms with Crippen molar-refractivity contribution < 1.29 is 27.9 Å². The molecule has 0 radical (unpaired) electrons. The second-order valence-electron chi connectivity index (χ2n) is 11.8. The zero-order valence-corrected chi connectivity index (χ0v) is 25.0. The number of halogens is 3. The monoisotopic (exact) mass is 631 g/mol. The average Bonchev–Trinajstić information content (AvgIpc) is 3.76. The van der Waals surface area contributed by atoms with Crippen LogP contribution in [0.25, 0.3) is 33.2 Å². The lowest BCUT2D eigenvalue weighted by atomic mass is 9.97. The molecule has 0 saturated heterocycles. The molecule has 0 aliphatic heterocycles. The number of carbonyl (C=O) groups excluding carboxylic acids is 1. The van der Waals surface area contributed by atoms with Crippen LogP contribution in [0.5, 0.6) is 0 Å². The fourth-order valence-electron chi connectivity index (χ4n) is 5.98. The van der Waals surface area contributed by atoms with Crippen molar-refractivity contribution in [3.63, 3.8) is 0 Å². The molecule has 6 nitrogen and oxygen atoms in total. The van der Waals surface area contributed by atoms with E-state index in [1.165, 1.54) is 24.3 Å². The Hall–Kier alpha value is -5.70. The van der Waals surface area contributed by atoms with E-state index in [1.54, 1.807) is 29.1 Å². The maximum atomic E-state index is 14.1. The summed E-state index contributed by atoms with van der Waals surface area (Å²) in [7, 11) is 0. The summed E-state index contributed by atoms with van der Waals surface area (Å²) < 4.78 is 41.6. The first-order valence-electron chi connectivity index (χ1n) is 15.1. The number of aromatic carboxylic acids is 1. The van der Waals surface area contributed by atoms with Crippen molar-refractivity contribution in [1.29, 1.82) is 0 Å². The molecule has 2 N–H and O–H groups in total. The van der Waals surface area contributed by atoms with Crippen LogP contribution in [-0.2, 0) is 18.3 Å². The molecule has 234 valence electrons. The summed E-state index contributed by atoms with van der Waals surface area (Å²) in [6.07, 6.45) is -1.44. The molecule has 1 fully saturated rings. The summed E-state index contributed by atoms with van der Waals surface area (Å²) in [6.45, 7) is 0.389. The van der Waals surface area contributed by atoms with E-state index in [0.717, 1.165) is 34.4 Å². The molecule has 1 amide bonds. The highest BCUT2D eigenvalue weighted by Crippen LogP contribution is 2.46. The summed E-state index contributed by atoms with van der Waals surface area (Å²) in [5, 5.41) is 17.8. The number of carboxylic acids is 1. The molecular weight excluding hydrogens is 603 g/mol. The normalized spacial score (nSPS) is 13.8. The van der Waals surface area contributed by atoms with Gasteiger partial charge in [0, 0.05) is 5.39 Å². The Balaban J connectivity index is 1.26. The number of carboxylic acid groups (broad SMARTS) is 1. The summed E-state index contributed by atoms with van der Waals surface area (Å²) in [6, 6.07) is 33.0. The van der Waals surface area contributed by atoms with E-state index in [0.29, 0.717) is 47.0 Å². The fraction of sp³-hybridized carbons (Fsp3) is 0.132. The number of aromatic nitrogens is 2. The predicted molar refractivity (Wildman–Crippen MR) is 173 cm³/mol.